The van der Waals surface area contributed by atoms with Gasteiger partial charge in [0.05, 0.1) is 12.6 Å². The van der Waals surface area contributed by atoms with Crippen molar-refractivity contribution >= 4 is 11.8 Å². The number of carbonyl (C=O) groups is 2. The summed E-state index contributed by atoms with van der Waals surface area (Å²) in [5.41, 5.74) is 0.668. The predicted octanol–water partition coefficient (Wildman–Crippen LogP) is 0.594. The summed E-state index contributed by atoms with van der Waals surface area (Å²) in [5, 5.41) is 9.21. The number of amides is 2. The predicted molar refractivity (Wildman–Crippen MR) is 69.0 cm³/mol. The molecule has 5 heteroatoms. The average molecular weight is 257 g/mol. The summed E-state index contributed by atoms with van der Waals surface area (Å²) in [6, 6.07) is 11.0. The zero-order valence-electron chi connectivity index (χ0n) is 10.7. The molecule has 0 bridgehead atoms. The van der Waals surface area contributed by atoms with E-state index < -0.39 is 5.92 Å². The van der Waals surface area contributed by atoms with Gasteiger partial charge in [-0.2, -0.15) is 5.26 Å². The van der Waals surface area contributed by atoms with Gasteiger partial charge in [-0.15, -0.1) is 0 Å². The summed E-state index contributed by atoms with van der Waals surface area (Å²) in [4.78, 5) is 27.0. The fourth-order valence-electron chi connectivity index (χ4n) is 2.05. The molecule has 0 aliphatic carbocycles. The zero-order chi connectivity index (χ0) is 13.8. The van der Waals surface area contributed by atoms with Gasteiger partial charge in [0, 0.05) is 20.1 Å². The molecule has 1 unspecified atom stereocenters. The van der Waals surface area contributed by atoms with Crippen molar-refractivity contribution in [3.63, 3.8) is 0 Å². The summed E-state index contributed by atoms with van der Waals surface area (Å²) in [6.45, 7) is 1.05. The molecule has 1 fully saturated rings. The largest absolute Gasteiger partial charge is 0.342 e. The van der Waals surface area contributed by atoms with Gasteiger partial charge in [-0.1, -0.05) is 30.3 Å². The van der Waals surface area contributed by atoms with Gasteiger partial charge >= 0.3 is 0 Å². The first-order chi connectivity index (χ1) is 9.13. The minimum Gasteiger partial charge on any atom is -0.342 e. The van der Waals surface area contributed by atoms with E-state index in [9.17, 15) is 14.9 Å². The minimum absolute atomic E-state index is 0.0559. The Labute approximate surface area is 112 Å². The molecule has 0 aromatic heterocycles. The number of carbonyl (C=O) groups excluding carboxylic acids is 2. The number of piperazine rings is 1. The van der Waals surface area contributed by atoms with E-state index in [1.54, 1.807) is 36.2 Å². The summed E-state index contributed by atoms with van der Waals surface area (Å²) in [5.74, 6) is -1.23. The molecule has 98 valence electrons. The molecule has 0 N–H and O–H groups in total. The molecule has 2 amide bonds. The summed E-state index contributed by atoms with van der Waals surface area (Å²) in [6.07, 6.45) is 0. The van der Waals surface area contributed by atoms with Crippen molar-refractivity contribution in [2.75, 3.05) is 26.7 Å². The fraction of sp³-hybridized carbons (Fsp3) is 0.357. The molecule has 19 heavy (non-hydrogen) atoms. The lowest BCUT2D eigenvalue weighted by Crippen LogP contribution is -2.51. The van der Waals surface area contributed by atoms with Gasteiger partial charge in [0.25, 0.3) is 0 Å². The second kappa shape index (κ2) is 5.53. The van der Waals surface area contributed by atoms with Gasteiger partial charge in [-0.05, 0) is 5.56 Å². The van der Waals surface area contributed by atoms with Crippen LogP contribution in [0.5, 0.6) is 0 Å². The molecule has 5 nitrogen and oxygen atoms in total. The molecule has 1 aliphatic heterocycles. The Balaban J connectivity index is 2.15. The molecular weight excluding hydrogens is 242 g/mol. The van der Waals surface area contributed by atoms with Gasteiger partial charge in [0.1, 0.15) is 5.92 Å². The third-order valence-electron chi connectivity index (χ3n) is 3.28. The van der Waals surface area contributed by atoms with Crippen molar-refractivity contribution in [2.24, 2.45) is 0 Å². The topological polar surface area (TPSA) is 64.4 Å². The standard InChI is InChI=1S/C14H15N3O2/c1-16-7-8-17(10-13(16)18)14(19)12(9-15)11-5-3-2-4-6-11/h2-6,12H,7-8,10H2,1H3. The second-order valence-corrected chi connectivity index (χ2v) is 4.55. The van der Waals surface area contributed by atoms with Crippen LogP contribution in [-0.4, -0.2) is 48.3 Å². The van der Waals surface area contributed by atoms with E-state index in [-0.39, 0.29) is 18.4 Å². The van der Waals surface area contributed by atoms with E-state index in [1.807, 2.05) is 12.1 Å². The van der Waals surface area contributed by atoms with Crippen molar-refractivity contribution < 1.29 is 9.59 Å². The maximum absolute atomic E-state index is 12.3. The highest BCUT2D eigenvalue weighted by atomic mass is 16.2. The van der Waals surface area contributed by atoms with Crippen LogP contribution in [-0.2, 0) is 9.59 Å². The molecule has 1 aromatic rings. The highest BCUT2D eigenvalue weighted by molar-refractivity contribution is 5.91. The van der Waals surface area contributed by atoms with Crippen molar-refractivity contribution in [3.05, 3.63) is 35.9 Å². The van der Waals surface area contributed by atoms with Crippen molar-refractivity contribution in [3.8, 4) is 6.07 Å². The van der Waals surface area contributed by atoms with E-state index >= 15 is 0 Å². The molecule has 1 aromatic carbocycles. The Morgan fingerprint density at radius 3 is 2.58 bits per heavy atom. The highest BCUT2D eigenvalue weighted by Gasteiger charge is 2.30. The molecule has 0 radical (unpaired) electrons. The SMILES string of the molecule is CN1CCN(C(=O)C(C#N)c2ccccc2)CC1=O. The molecule has 1 heterocycles. The lowest BCUT2D eigenvalue weighted by molar-refractivity contribution is -0.144. The lowest BCUT2D eigenvalue weighted by Gasteiger charge is -2.33. The Kier molecular flexibility index (Phi) is 3.81. The monoisotopic (exact) mass is 257 g/mol. The van der Waals surface area contributed by atoms with Crippen LogP contribution in [0.25, 0.3) is 0 Å². The Hall–Kier alpha value is -2.35. The fourth-order valence-corrected chi connectivity index (χ4v) is 2.05. The molecule has 0 spiro atoms. The maximum Gasteiger partial charge on any atom is 0.244 e. The molecule has 2 rings (SSSR count). The molecule has 1 atom stereocenters. The smallest absolute Gasteiger partial charge is 0.244 e. The number of hydrogen-bond acceptors (Lipinski definition) is 3. The third kappa shape index (κ3) is 2.74. The van der Waals surface area contributed by atoms with Crippen LogP contribution >= 0.6 is 0 Å². The first-order valence-corrected chi connectivity index (χ1v) is 6.11. The number of hydrogen-bond donors (Lipinski definition) is 0. The van der Waals surface area contributed by atoms with E-state index in [4.69, 9.17) is 0 Å². The number of nitrogens with zero attached hydrogens (tertiary/aromatic N) is 3. The second-order valence-electron chi connectivity index (χ2n) is 4.55. The summed E-state index contributed by atoms with van der Waals surface area (Å²) in [7, 11) is 1.71. The van der Waals surface area contributed by atoms with E-state index in [2.05, 4.69) is 0 Å². The Morgan fingerprint density at radius 1 is 1.32 bits per heavy atom. The van der Waals surface area contributed by atoms with Crippen LogP contribution in [0.15, 0.2) is 30.3 Å². The summed E-state index contributed by atoms with van der Waals surface area (Å²) < 4.78 is 0. The van der Waals surface area contributed by atoms with Crippen LogP contribution < -0.4 is 0 Å². The molecule has 1 aliphatic rings. The van der Waals surface area contributed by atoms with Gasteiger partial charge in [-0.3, -0.25) is 9.59 Å². The minimum atomic E-state index is -0.836. The zero-order valence-corrected chi connectivity index (χ0v) is 10.7. The maximum atomic E-state index is 12.3. The average Bonchev–Trinajstić information content (AvgIpc) is 2.44. The number of likely N-dealkylation sites (N-methyl/N-ethyl adjacent to an activating group) is 1. The lowest BCUT2D eigenvalue weighted by atomic mass is 9.99. The quantitative estimate of drug-likeness (QED) is 0.779. The van der Waals surface area contributed by atoms with Gasteiger partial charge < -0.3 is 9.80 Å². The van der Waals surface area contributed by atoms with E-state index in [0.717, 1.165) is 0 Å². The Bertz CT molecular complexity index is 521. The molecular formula is C14H15N3O2. The number of benzene rings is 1. The van der Waals surface area contributed by atoms with E-state index in [0.29, 0.717) is 18.7 Å². The Morgan fingerprint density at radius 2 is 2.00 bits per heavy atom. The molecule has 0 saturated carbocycles. The van der Waals surface area contributed by atoms with Crippen LogP contribution in [0.2, 0.25) is 0 Å². The van der Waals surface area contributed by atoms with Crippen molar-refractivity contribution in [1.82, 2.24) is 9.80 Å². The highest BCUT2D eigenvalue weighted by Crippen LogP contribution is 2.18. The first kappa shape index (κ1) is 13.1. The van der Waals surface area contributed by atoms with Gasteiger partial charge in [-0.25, -0.2) is 0 Å². The summed E-state index contributed by atoms with van der Waals surface area (Å²) >= 11 is 0. The van der Waals surface area contributed by atoms with Crippen LogP contribution in [0.4, 0.5) is 0 Å². The van der Waals surface area contributed by atoms with Gasteiger partial charge in [0.2, 0.25) is 11.8 Å². The van der Waals surface area contributed by atoms with Crippen molar-refractivity contribution in [1.29, 1.82) is 5.26 Å². The van der Waals surface area contributed by atoms with Crippen LogP contribution in [0, 0.1) is 11.3 Å². The number of rotatable bonds is 2. The first-order valence-electron chi connectivity index (χ1n) is 6.11. The van der Waals surface area contributed by atoms with Crippen LogP contribution in [0.3, 0.4) is 0 Å². The normalized spacial score (nSPS) is 16.9. The third-order valence-corrected chi connectivity index (χ3v) is 3.28. The molecule has 1 saturated heterocycles. The van der Waals surface area contributed by atoms with E-state index in [1.165, 1.54) is 4.90 Å². The van der Waals surface area contributed by atoms with Gasteiger partial charge in [0.15, 0.2) is 0 Å². The van der Waals surface area contributed by atoms with Crippen molar-refractivity contribution in [2.45, 2.75) is 5.92 Å². The number of nitriles is 1. The van der Waals surface area contributed by atoms with Crippen LogP contribution in [0.1, 0.15) is 11.5 Å².